The molecule has 2 aromatic rings. The van der Waals surface area contributed by atoms with Crippen LogP contribution >= 0.6 is 0 Å². The normalized spacial score (nSPS) is 8.28. The maximum absolute atomic E-state index is 10.2. The van der Waals surface area contributed by atoms with Crippen molar-refractivity contribution in [3.63, 3.8) is 0 Å². The molecular formula is C14H14O2RuW. The Morgan fingerprint density at radius 1 is 1.28 bits per heavy atom. The predicted octanol–water partition coefficient (Wildman–Crippen LogP) is 2.47. The van der Waals surface area contributed by atoms with Crippen molar-refractivity contribution in [2.45, 2.75) is 6.92 Å². The van der Waals surface area contributed by atoms with Crippen LogP contribution in [0.4, 0.5) is 0 Å². The van der Waals surface area contributed by atoms with Crippen LogP contribution in [0.1, 0.15) is 12.5 Å². The Kier molecular flexibility index (Phi) is 11.1. The summed E-state index contributed by atoms with van der Waals surface area (Å²) in [6, 6.07) is 17.8. The molecule has 0 bridgehead atoms. The van der Waals surface area contributed by atoms with Gasteiger partial charge in [0, 0.05) is 0 Å². The van der Waals surface area contributed by atoms with E-state index >= 15 is 0 Å². The Morgan fingerprint density at radius 2 is 1.89 bits per heavy atom. The van der Waals surface area contributed by atoms with E-state index in [0.717, 1.165) is 9.65 Å². The molecule has 0 N–H and O–H groups in total. The minimum absolute atomic E-state index is 0. The number of carbonyl (C=O) groups excluding carboxylic acids is 1. The topological polar surface area (TPSA) is 26.3 Å². The van der Waals surface area contributed by atoms with Gasteiger partial charge in [0.1, 0.15) is 0 Å². The first kappa shape index (κ1) is 17.4. The summed E-state index contributed by atoms with van der Waals surface area (Å²) in [5.74, 6) is 0. The second kappa shape index (κ2) is 11.5. The summed E-state index contributed by atoms with van der Waals surface area (Å²) in [5.41, 5.74) is 1.05. The molecule has 0 saturated carbocycles. The number of ether oxygens (including phenoxy) is 1. The van der Waals surface area contributed by atoms with Crippen molar-refractivity contribution in [1.29, 1.82) is 0 Å². The van der Waals surface area contributed by atoms with E-state index in [2.05, 4.69) is 0 Å². The Hall–Kier alpha value is -0.578. The Labute approximate surface area is 128 Å². The monoisotopic (exact) mass is 500 g/mol. The summed E-state index contributed by atoms with van der Waals surface area (Å²) in [6.07, 6.45) is 0. The summed E-state index contributed by atoms with van der Waals surface area (Å²) in [4.78, 5) is 10.2. The first-order valence-electron chi connectivity index (χ1n) is 5.31. The molecule has 0 aliphatic rings. The van der Waals surface area contributed by atoms with Gasteiger partial charge in [-0.1, -0.05) is 0 Å². The second-order valence-corrected chi connectivity index (χ2v) is 5.71. The van der Waals surface area contributed by atoms with E-state index in [1.165, 1.54) is 0 Å². The molecule has 2 nitrogen and oxygen atoms in total. The van der Waals surface area contributed by atoms with Gasteiger partial charge in [0.15, 0.2) is 0 Å². The van der Waals surface area contributed by atoms with Crippen molar-refractivity contribution in [2.24, 2.45) is 0 Å². The van der Waals surface area contributed by atoms with Gasteiger partial charge in [-0.05, 0) is 0 Å². The van der Waals surface area contributed by atoms with E-state index in [4.69, 9.17) is 4.74 Å². The van der Waals surface area contributed by atoms with Crippen LogP contribution < -0.4 is 0 Å². The molecular weight excluding hydrogens is 485 g/mol. The zero-order chi connectivity index (χ0) is 12.3. The zero-order valence-corrected chi connectivity index (χ0v) is 14.7. The van der Waals surface area contributed by atoms with E-state index in [1.807, 2.05) is 65.8 Å². The van der Waals surface area contributed by atoms with Crippen LogP contribution in [0.3, 0.4) is 0 Å². The van der Waals surface area contributed by atoms with Gasteiger partial charge < -0.3 is 0 Å². The fourth-order valence-corrected chi connectivity index (χ4v) is 2.99. The quantitative estimate of drug-likeness (QED) is 0.480. The van der Waals surface area contributed by atoms with E-state index in [9.17, 15) is 4.79 Å². The molecule has 4 heteroatoms. The van der Waals surface area contributed by atoms with E-state index in [-0.39, 0.29) is 19.5 Å². The third kappa shape index (κ3) is 6.99. The van der Waals surface area contributed by atoms with Gasteiger partial charge in [0.05, 0.1) is 0 Å². The number of rotatable bonds is 3. The van der Waals surface area contributed by atoms with Gasteiger partial charge >= 0.3 is 98.4 Å². The molecule has 0 saturated heterocycles. The van der Waals surface area contributed by atoms with Gasteiger partial charge in [-0.25, -0.2) is 12.1 Å². The molecule has 18 heavy (non-hydrogen) atoms. The molecule has 2 rings (SSSR count). The Morgan fingerprint density at radius 3 is 2.28 bits per heavy atom. The van der Waals surface area contributed by atoms with Crippen molar-refractivity contribution in [3.05, 3.63) is 60.2 Å². The summed E-state index contributed by atoms with van der Waals surface area (Å²) in [6.45, 7) is 2.55. The first-order chi connectivity index (χ1) is 8.38. The third-order valence-corrected chi connectivity index (χ3v) is 4.10. The number of hydrogen-bond acceptors (Lipinski definition) is 2. The van der Waals surface area contributed by atoms with Crippen LogP contribution in [0.2, 0.25) is 0 Å². The van der Waals surface area contributed by atoms with Crippen molar-refractivity contribution in [2.75, 3.05) is 6.61 Å². The predicted molar refractivity (Wildman–Crippen MR) is 65.5 cm³/mol. The molecule has 0 radical (unpaired) electrons. The van der Waals surface area contributed by atoms with Gasteiger partial charge in [-0.15, -0.1) is 0 Å². The van der Waals surface area contributed by atoms with Crippen molar-refractivity contribution in [3.8, 4) is 0 Å². The van der Waals surface area contributed by atoms with Crippen LogP contribution in [0.25, 0.3) is 0 Å². The molecule has 2 aromatic carbocycles. The maximum Gasteiger partial charge on any atom is 2.00 e. The van der Waals surface area contributed by atoms with Gasteiger partial charge in [-0.2, -0.15) is 18.2 Å². The summed E-state index contributed by atoms with van der Waals surface area (Å²) in [7, 11) is 0. The summed E-state index contributed by atoms with van der Waals surface area (Å²) >= 11 is -1.19. The van der Waals surface area contributed by atoms with Crippen LogP contribution in [0.15, 0.2) is 54.6 Å². The van der Waals surface area contributed by atoms with Gasteiger partial charge in [0.2, 0.25) is 0 Å². The molecule has 0 heterocycles. The standard InChI is InChI=1S/C8H9O.C5H5.CO.Ru.W/c1-2-9-7-8-5-3-4-6-8;1-2-4-5-3-1;1-2;;/h3-6H,2H2,1H3;1-5H;;;/q2*-1;;+2;. The largest absolute Gasteiger partial charge is 2.00 e. The molecule has 0 fully saturated rings. The Balaban J connectivity index is 0.000000405. The summed E-state index contributed by atoms with van der Waals surface area (Å²) in [5, 5.41) is 0. The van der Waals surface area contributed by atoms with Crippen molar-refractivity contribution >= 4 is 8.35 Å². The van der Waals surface area contributed by atoms with Crippen molar-refractivity contribution < 1.29 is 46.7 Å². The van der Waals surface area contributed by atoms with Crippen LogP contribution in [0, 0.1) is 0 Å². The van der Waals surface area contributed by atoms with Crippen molar-refractivity contribution in [1.82, 2.24) is 0 Å². The molecule has 0 aliphatic heterocycles. The SMILES string of the molecule is CCO[C](=[W]=[C]=O)[c-]1cccc1.[Ru+2].c1cc[cH-]c1. The summed E-state index contributed by atoms with van der Waals surface area (Å²) < 4.78 is 8.22. The van der Waals surface area contributed by atoms with Gasteiger partial charge in [0.25, 0.3) is 0 Å². The molecule has 96 valence electrons. The van der Waals surface area contributed by atoms with E-state index in [0.29, 0.717) is 6.61 Å². The Bertz CT molecular complexity index is 459. The minimum Gasteiger partial charge on any atom is -0.214 e. The van der Waals surface area contributed by atoms with Crippen LogP contribution in [0.5, 0.6) is 0 Å². The zero-order valence-electron chi connectivity index (χ0n) is 9.98. The maximum atomic E-state index is 10.2. The fraction of sp³-hybridized carbons (Fsp3) is 0.143. The fourth-order valence-electron chi connectivity index (χ4n) is 1.17. The number of hydrogen-bond donors (Lipinski definition) is 0. The third-order valence-electron chi connectivity index (χ3n) is 1.86. The average Bonchev–Trinajstić information content (AvgIpc) is 3.05. The average molecular weight is 499 g/mol. The van der Waals surface area contributed by atoms with Crippen LogP contribution in [-0.2, 0) is 46.7 Å². The van der Waals surface area contributed by atoms with Gasteiger partial charge in [-0.3, -0.25) is 0 Å². The van der Waals surface area contributed by atoms with E-state index in [1.54, 1.807) is 0 Å². The first-order valence-corrected chi connectivity index (χ1v) is 8.24. The molecule has 0 atom stereocenters. The minimum atomic E-state index is -1.19. The second-order valence-electron chi connectivity index (χ2n) is 3.04. The molecule has 0 unspecified atom stereocenters. The molecule has 0 amide bonds. The van der Waals surface area contributed by atoms with Crippen LogP contribution in [-0.4, -0.2) is 15.0 Å². The van der Waals surface area contributed by atoms with E-state index < -0.39 is 17.6 Å². The molecule has 0 aromatic heterocycles. The molecule has 0 aliphatic carbocycles. The smallest absolute Gasteiger partial charge is 0.214 e. The molecule has 0 spiro atoms.